The summed E-state index contributed by atoms with van der Waals surface area (Å²) in [4.78, 5) is 10.6. The highest BCUT2D eigenvalue weighted by atomic mass is 32.2. The second-order valence-electron chi connectivity index (χ2n) is 2.25. The largest absolute Gasteiger partial charge is 0.469 e. The Balaban J connectivity index is 3.08. The number of thioether (sulfide) groups is 1. The molecule has 0 aliphatic rings. The number of rotatable bonds is 5. The van der Waals surface area contributed by atoms with Gasteiger partial charge in [0.2, 0.25) is 0 Å². The lowest BCUT2D eigenvalue weighted by molar-refractivity contribution is -0.140. The normalized spacial score (nSPS) is 12.6. The first-order valence-corrected chi connectivity index (χ1v) is 4.65. The predicted octanol–water partition coefficient (Wildman–Crippen LogP) is 0.663. The summed E-state index contributed by atoms with van der Waals surface area (Å²) in [5.41, 5.74) is 0. The molecule has 1 N–H and O–H groups in total. The van der Waals surface area contributed by atoms with E-state index >= 15 is 0 Å². The van der Waals surface area contributed by atoms with Gasteiger partial charge in [0.1, 0.15) is 0 Å². The molecule has 0 aliphatic heterocycles. The molecule has 0 spiro atoms. The van der Waals surface area contributed by atoms with E-state index in [1.807, 2.05) is 0 Å². The summed E-state index contributed by atoms with van der Waals surface area (Å²) >= 11 is 1.55. The van der Waals surface area contributed by atoms with Crippen LogP contribution in [0.5, 0.6) is 0 Å². The smallest absolute Gasteiger partial charge is 0.306 e. The first-order chi connectivity index (χ1) is 5.16. The monoisotopic (exact) mass is 178 g/mol. The van der Waals surface area contributed by atoms with Crippen LogP contribution >= 0.6 is 11.8 Å². The number of carbonyl (C=O) groups excluding carboxylic acids is 1. The molecule has 0 fully saturated rings. The molecule has 0 saturated heterocycles. The van der Waals surface area contributed by atoms with Gasteiger partial charge in [-0.2, -0.15) is 11.8 Å². The molecule has 0 bridgehead atoms. The van der Waals surface area contributed by atoms with Crippen molar-refractivity contribution in [2.45, 2.75) is 19.4 Å². The summed E-state index contributed by atoms with van der Waals surface area (Å²) in [5, 5.41) is 8.84. The fourth-order valence-electron chi connectivity index (χ4n) is 0.511. The van der Waals surface area contributed by atoms with Crippen LogP contribution in [0.1, 0.15) is 13.3 Å². The maximum absolute atomic E-state index is 10.6. The molecule has 66 valence electrons. The van der Waals surface area contributed by atoms with E-state index in [-0.39, 0.29) is 12.1 Å². The molecule has 0 amide bonds. The van der Waals surface area contributed by atoms with Gasteiger partial charge < -0.3 is 9.84 Å². The Morgan fingerprint density at radius 2 is 2.36 bits per heavy atom. The predicted molar refractivity (Wildman–Crippen MR) is 45.6 cm³/mol. The second-order valence-corrected chi connectivity index (χ2v) is 3.40. The van der Waals surface area contributed by atoms with Crippen LogP contribution in [0.4, 0.5) is 0 Å². The quantitative estimate of drug-likeness (QED) is 0.496. The summed E-state index contributed by atoms with van der Waals surface area (Å²) in [6.45, 7) is 1.73. The van der Waals surface area contributed by atoms with Crippen LogP contribution in [0.25, 0.3) is 0 Å². The molecule has 0 unspecified atom stereocenters. The minimum atomic E-state index is -0.294. The third kappa shape index (κ3) is 7.68. The number of hydrogen-bond acceptors (Lipinski definition) is 4. The highest BCUT2D eigenvalue weighted by Crippen LogP contribution is 2.04. The molecule has 4 heteroatoms. The van der Waals surface area contributed by atoms with Crippen molar-refractivity contribution in [3.63, 3.8) is 0 Å². The Bertz CT molecular complexity index is 114. The van der Waals surface area contributed by atoms with E-state index in [2.05, 4.69) is 4.74 Å². The lowest BCUT2D eigenvalue weighted by atomic mass is 10.5. The molecule has 3 nitrogen and oxygen atoms in total. The van der Waals surface area contributed by atoms with E-state index in [1.54, 1.807) is 18.7 Å². The summed E-state index contributed by atoms with van der Waals surface area (Å²) in [7, 11) is 1.38. The Kier molecular flexibility index (Phi) is 6.36. The molecule has 0 aromatic rings. The number of methoxy groups -OCH3 is 1. The topological polar surface area (TPSA) is 46.5 Å². The average molecular weight is 178 g/mol. The van der Waals surface area contributed by atoms with E-state index in [0.717, 1.165) is 5.75 Å². The zero-order chi connectivity index (χ0) is 8.69. The lowest BCUT2D eigenvalue weighted by Gasteiger charge is -2.02. The summed E-state index contributed by atoms with van der Waals surface area (Å²) < 4.78 is 4.44. The van der Waals surface area contributed by atoms with E-state index in [4.69, 9.17) is 5.11 Å². The molecule has 0 heterocycles. The Labute approximate surface area is 71.1 Å². The molecule has 0 aromatic heterocycles. The van der Waals surface area contributed by atoms with Crippen molar-refractivity contribution >= 4 is 17.7 Å². The molecule has 0 saturated carbocycles. The molecular formula is C7H14O3S. The van der Waals surface area contributed by atoms with Gasteiger partial charge in [-0.15, -0.1) is 0 Å². The van der Waals surface area contributed by atoms with Crippen LogP contribution in [0.15, 0.2) is 0 Å². The summed E-state index contributed by atoms with van der Waals surface area (Å²) in [5.74, 6) is 1.21. The highest BCUT2D eigenvalue weighted by molar-refractivity contribution is 7.99. The van der Waals surface area contributed by atoms with Crippen LogP contribution in [0.3, 0.4) is 0 Å². The third-order valence-corrected chi connectivity index (χ3v) is 2.25. The van der Waals surface area contributed by atoms with E-state index < -0.39 is 0 Å². The fraction of sp³-hybridized carbons (Fsp3) is 0.857. The standard InChI is InChI=1S/C7H14O3S/c1-6(8)5-11-4-3-7(9)10-2/h6,8H,3-5H2,1-2H3/t6-/m0/s1. The number of aliphatic hydroxyl groups excluding tert-OH is 1. The van der Waals surface area contributed by atoms with Crippen molar-refractivity contribution in [2.75, 3.05) is 18.6 Å². The number of aliphatic hydroxyl groups is 1. The number of carbonyl (C=O) groups is 1. The van der Waals surface area contributed by atoms with Gasteiger partial charge in [0.05, 0.1) is 19.6 Å². The zero-order valence-corrected chi connectivity index (χ0v) is 7.69. The maximum Gasteiger partial charge on any atom is 0.306 e. The Hall–Kier alpha value is -0.220. The van der Waals surface area contributed by atoms with E-state index in [0.29, 0.717) is 12.2 Å². The van der Waals surface area contributed by atoms with Crippen molar-refractivity contribution in [2.24, 2.45) is 0 Å². The molecule has 0 aliphatic carbocycles. The van der Waals surface area contributed by atoms with Crippen LogP contribution < -0.4 is 0 Å². The minimum absolute atomic E-state index is 0.192. The molecule has 0 radical (unpaired) electrons. The van der Waals surface area contributed by atoms with Crippen molar-refractivity contribution < 1.29 is 14.6 Å². The van der Waals surface area contributed by atoms with Crippen molar-refractivity contribution in [3.05, 3.63) is 0 Å². The van der Waals surface area contributed by atoms with Gasteiger partial charge in [-0.05, 0) is 6.92 Å². The molecule has 0 rings (SSSR count). The van der Waals surface area contributed by atoms with E-state index in [9.17, 15) is 4.79 Å². The molecule has 11 heavy (non-hydrogen) atoms. The summed E-state index contributed by atoms with van der Waals surface area (Å²) in [6, 6.07) is 0. The zero-order valence-electron chi connectivity index (χ0n) is 6.87. The van der Waals surface area contributed by atoms with Gasteiger partial charge in [-0.1, -0.05) is 0 Å². The SMILES string of the molecule is COC(=O)CCSC[C@H](C)O. The maximum atomic E-state index is 10.6. The first-order valence-electron chi connectivity index (χ1n) is 3.49. The number of ether oxygens (including phenoxy) is 1. The Morgan fingerprint density at radius 3 is 2.82 bits per heavy atom. The van der Waals surface area contributed by atoms with Gasteiger partial charge in [-0.3, -0.25) is 4.79 Å². The van der Waals surface area contributed by atoms with Gasteiger partial charge >= 0.3 is 5.97 Å². The molecule has 0 aromatic carbocycles. The molecule has 1 atom stereocenters. The third-order valence-electron chi connectivity index (χ3n) is 1.04. The Morgan fingerprint density at radius 1 is 1.73 bits per heavy atom. The van der Waals surface area contributed by atoms with Crippen LogP contribution in [-0.4, -0.2) is 35.8 Å². The van der Waals surface area contributed by atoms with Crippen molar-refractivity contribution in [1.82, 2.24) is 0 Å². The van der Waals surface area contributed by atoms with Crippen LogP contribution in [0.2, 0.25) is 0 Å². The van der Waals surface area contributed by atoms with Crippen molar-refractivity contribution in [1.29, 1.82) is 0 Å². The second kappa shape index (κ2) is 6.49. The van der Waals surface area contributed by atoms with Crippen molar-refractivity contribution in [3.8, 4) is 0 Å². The van der Waals surface area contributed by atoms with Gasteiger partial charge in [0.25, 0.3) is 0 Å². The fourth-order valence-corrected chi connectivity index (χ4v) is 1.33. The van der Waals surface area contributed by atoms with Crippen LogP contribution in [0, 0.1) is 0 Å². The van der Waals surface area contributed by atoms with Gasteiger partial charge in [-0.25, -0.2) is 0 Å². The number of esters is 1. The highest BCUT2D eigenvalue weighted by Gasteiger charge is 2.00. The van der Waals surface area contributed by atoms with Crippen LogP contribution in [-0.2, 0) is 9.53 Å². The van der Waals surface area contributed by atoms with E-state index in [1.165, 1.54) is 7.11 Å². The summed E-state index contributed by atoms with van der Waals surface area (Å²) in [6.07, 6.45) is 0.131. The number of hydrogen-bond donors (Lipinski definition) is 1. The first kappa shape index (κ1) is 10.8. The lowest BCUT2D eigenvalue weighted by Crippen LogP contribution is -2.06. The minimum Gasteiger partial charge on any atom is -0.469 e. The average Bonchev–Trinajstić information content (AvgIpc) is 1.97. The van der Waals surface area contributed by atoms with Gasteiger partial charge in [0, 0.05) is 11.5 Å². The van der Waals surface area contributed by atoms with Gasteiger partial charge in [0.15, 0.2) is 0 Å². The molecular weight excluding hydrogens is 164 g/mol.